The normalized spacial score (nSPS) is 17.8. The Morgan fingerprint density at radius 1 is 1.19 bits per heavy atom. The van der Waals surface area contributed by atoms with Crippen molar-refractivity contribution in [2.45, 2.75) is 37.0 Å². The van der Waals surface area contributed by atoms with Gasteiger partial charge in [0.1, 0.15) is 0 Å². The van der Waals surface area contributed by atoms with Crippen LogP contribution in [0.5, 0.6) is 0 Å². The first kappa shape index (κ1) is 15.9. The molecule has 2 rings (SSSR count). The van der Waals surface area contributed by atoms with Crippen LogP contribution in [0.2, 0.25) is 0 Å². The van der Waals surface area contributed by atoms with Gasteiger partial charge in [0.2, 0.25) is 10.0 Å². The molecule has 0 spiro atoms. The summed E-state index contributed by atoms with van der Waals surface area (Å²) < 4.78 is 27.0. The fraction of sp³-hybridized carbons (Fsp3) is 0.500. The van der Waals surface area contributed by atoms with Gasteiger partial charge in [0, 0.05) is 0 Å². The molecule has 3 N–H and O–H groups in total. The second-order valence-corrected chi connectivity index (χ2v) is 7.23. The maximum Gasteiger partial charge on any atom is 0.335 e. The van der Waals surface area contributed by atoms with Crippen LogP contribution in [0, 0.1) is 0 Å². The van der Waals surface area contributed by atoms with Crippen LogP contribution in [0.1, 0.15) is 41.6 Å². The van der Waals surface area contributed by atoms with Crippen molar-refractivity contribution in [3.8, 4) is 0 Å². The van der Waals surface area contributed by atoms with E-state index >= 15 is 0 Å². The molecule has 0 aromatic heterocycles. The van der Waals surface area contributed by atoms with E-state index in [-0.39, 0.29) is 17.9 Å². The molecule has 7 heteroatoms. The summed E-state index contributed by atoms with van der Waals surface area (Å²) in [5.41, 5.74) is -0.106. The number of aliphatic hydroxyl groups is 1. The Morgan fingerprint density at radius 3 is 2.24 bits per heavy atom. The van der Waals surface area contributed by atoms with Gasteiger partial charge in [0.05, 0.1) is 23.5 Å². The topological polar surface area (TPSA) is 104 Å². The number of hydrogen-bond donors (Lipinski definition) is 3. The Morgan fingerprint density at radius 2 is 1.76 bits per heavy atom. The lowest BCUT2D eigenvalue weighted by Gasteiger charge is -2.27. The van der Waals surface area contributed by atoms with Crippen molar-refractivity contribution in [2.24, 2.45) is 0 Å². The number of carbonyl (C=O) groups is 1. The monoisotopic (exact) mass is 313 g/mol. The highest BCUT2D eigenvalue weighted by Gasteiger charge is 2.36. The molecule has 0 radical (unpaired) electrons. The lowest BCUT2D eigenvalue weighted by atomic mass is 10.0. The molecule has 1 aliphatic carbocycles. The third kappa shape index (κ3) is 4.03. The van der Waals surface area contributed by atoms with E-state index in [1.807, 2.05) is 0 Å². The molecular formula is C14H19NO5S. The van der Waals surface area contributed by atoms with Gasteiger partial charge in [-0.3, -0.25) is 0 Å². The first-order valence-electron chi connectivity index (χ1n) is 6.81. The molecule has 1 saturated carbocycles. The first-order valence-corrected chi connectivity index (χ1v) is 8.46. The molecule has 6 nitrogen and oxygen atoms in total. The van der Waals surface area contributed by atoms with E-state index in [1.165, 1.54) is 24.3 Å². The van der Waals surface area contributed by atoms with Crippen LogP contribution < -0.4 is 4.72 Å². The fourth-order valence-corrected chi connectivity index (χ4v) is 4.31. The number of aromatic carboxylic acids is 1. The lowest BCUT2D eigenvalue weighted by Crippen LogP contribution is -2.49. The van der Waals surface area contributed by atoms with Gasteiger partial charge < -0.3 is 10.2 Å². The molecule has 0 heterocycles. The van der Waals surface area contributed by atoms with Gasteiger partial charge in [0.15, 0.2) is 0 Å². The average molecular weight is 313 g/mol. The highest BCUT2D eigenvalue weighted by Crippen LogP contribution is 2.30. The number of nitrogens with one attached hydrogen (secondary N) is 1. The van der Waals surface area contributed by atoms with Gasteiger partial charge in [-0.05, 0) is 30.5 Å². The predicted molar refractivity (Wildman–Crippen MR) is 77.4 cm³/mol. The number of rotatable bonds is 6. The zero-order valence-electron chi connectivity index (χ0n) is 11.6. The molecule has 1 aromatic rings. The summed E-state index contributed by atoms with van der Waals surface area (Å²) in [5, 5.41) is 18.3. The summed E-state index contributed by atoms with van der Waals surface area (Å²) in [5.74, 6) is -1.28. The standard InChI is InChI=1S/C14H19NO5S/c16-10-14(7-1-2-8-14)15-21(19,20)9-11-3-5-12(6-4-11)13(17)18/h3-6,15-16H,1-2,7-10H2,(H,17,18). The summed E-state index contributed by atoms with van der Waals surface area (Å²) in [6, 6.07) is 5.74. The van der Waals surface area contributed by atoms with Gasteiger partial charge in [0.25, 0.3) is 0 Å². The minimum absolute atomic E-state index is 0.117. The van der Waals surface area contributed by atoms with E-state index in [0.717, 1.165) is 12.8 Å². The maximum absolute atomic E-state index is 12.2. The second-order valence-electron chi connectivity index (χ2n) is 5.51. The smallest absolute Gasteiger partial charge is 0.335 e. The molecule has 0 saturated heterocycles. The average Bonchev–Trinajstić information content (AvgIpc) is 2.87. The number of aliphatic hydroxyl groups excluding tert-OH is 1. The largest absolute Gasteiger partial charge is 0.478 e. The lowest BCUT2D eigenvalue weighted by molar-refractivity contribution is 0.0697. The summed E-state index contributed by atoms with van der Waals surface area (Å²) in [6.45, 7) is -0.204. The molecule has 21 heavy (non-hydrogen) atoms. The third-order valence-electron chi connectivity index (χ3n) is 3.79. The van der Waals surface area contributed by atoms with E-state index in [4.69, 9.17) is 5.11 Å². The van der Waals surface area contributed by atoms with E-state index in [2.05, 4.69) is 4.72 Å². The van der Waals surface area contributed by atoms with Gasteiger partial charge in [-0.1, -0.05) is 25.0 Å². The molecule has 0 aliphatic heterocycles. The summed E-state index contributed by atoms with van der Waals surface area (Å²) in [7, 11) is -3.58. The van der Waals surface area contributed by atoms with Gasteiger partial charge in [-0.2, -0.15) is 0 Å². The Balaban J connectivity index is 2.08. The Bertz CT molecular complexity index is 603. The number of hydrogen-bond acceptors (Lipinski definition) is 4. The zero-order chi connectivity index (χ0) is 15.5. The number of benzene rings is 1. The molecule has 0 amide bonds. The van der Waals surface area contributed by atoms with Gasteiger partial charge in [-0.25, -0.2) is 17.9 Å². The number of carboxylic acid groups (broad SMARTS) is 1. The molecule has 116 valence electrons. The minimum atomic E-state index is -3.58. The molecule has 0 atom stereocenters. The van der Waals surface area contributed by atoms with E-state index in [1.54, 1.807) is 0 Å². The van der Waals surface area contributed by atoms with Crippen molar-refractivity contribution >= 4 is 16.0 Å². The molecule has 1 aromatic carbocycles. The van der Waals surface area contributed by atoms with Crippen LogP contribution in [0.3, 0.4) is 0 Å². The molecule has 1 aliphatic rings. The first-order chi connectivity index (χ1) is 9.86. The van der Waals surface area contributed by atoms with Crippen LogP contribution in [-0.4, -0.2) is 36.7 Å². The van der Waals surface area contributed by atoms with Gasteiger partial charge in [-0.15, -0.1) is 0 Å². The quantitative estimate of drug-likeness (QED) is 0.730. The second kappa shape index (κ2) is 6.13. The van der Waals surface area contributed by atoms with Crippen LogP contribution in [0.4, 0.5) is 0 Å². The Kier molecular flexibility index (Phi) is 4.65. The summed E-state index contributed by atoms with van der Waals surface area (Å²) in [4.78, 5) is 10.8. The minimum Gasteiger partial charge on any atom is -0.478 e. The SMILES string of the molecule is O=C(O)c1ccc(CS(=O)(=O)NC2(CO)CCCC2)cc1. The van der Waals surface area contributed by atoms with Crippen molar-refractivity contribution in [3.05, 3.63) is 35.4 Å². The van der Waals surface area contributed by atoms with Crippen LogP contribution in [0.15, 0.2) is 24.3 Å². The highest BCUT2D eigenvalue weighted by molar-refractivity contribution is 7.88. The zero-order valence-corrected chi connectivity index (χ0v) is 12.4. The summed E-state index contributed by atoms with van der Waals surface area (Å²) in [6.07, 6.45) is 3.08. The van der Waals surface area contributed by atoms with Crippen molar-refractivity contribution in [2.75, 3.05) is 6.61 Å². The number of carboxylic acids is 1. The molecule has 0 bridgehead atoms. The van der Waals surface area contributed by atoms with E-state index in [0.29, 0.717) is 18.4 Å². The van der Waals surface area contributed by atoms with Crippen molar-refractivity contribution in [1.82, 2.24) is 4.72 Å². The highest BCUT2D eigenvalue weighted by atomic mass is 32.2. The molecule has 1 fully saturated rings. The Hall–Kier alpha value is -1.44. The maximum atomic E-state index is 12.2. The van der Waals surface area contributed by atoms with Crippen LogP contribution >= 0.6 is 0 Å². The van der Waals surface area contributed by atoms with Crippen molar-refractivity contribution in [3.63, 3.8) is 0 Å². The summed E-state index contributed by atoms with van der Waals surface area (Å²) >= 11 is 0. The Labute approximate surface area is 123 Å². The van der Waals surface area contributed by atoms with Gasteiger partial charge >= 0.3 is 5.97 Å². The third-order valence-corrected chi connectivity index (χ3v) is 5.25. The van der Waals surface area contributed by atoms with E-state index in [9.17, 15) is 18.3 Å². The van der Waals surface area contributed by atoms with Crippen molar-refractivity contribution < 1.29 is 23.4 Å². The van der Waals surface area contributed by atoms with Crippen LogP contribution in [0.25, 0.3) is 0 Å². The van der Waals surface area contributed by atoms with E-state index < -0.39 is 21.5 Å². The fourth-order valence-electron chi connectivity index (χ4n) is 2.67. The van der Waals surface area contributed by atoms with Crippen molar-refractivity contribution in [1.29, 1.82) is 0 Å². The predicted octanol–water partition coefficient (Wildman–Crippen LogP) is 1.11. The molecular weight excluding hydrogens is 294 g/mol. The van der Waals surface area contributed by atoms with Crippen LogP contribution in [-0.2, 0) is 15.8 Å². The number of sulfonamides is 1. The molecule has 0 unspecified atom stereocenters.